The highest BCUT2D eigenvalue weighted by atomic mass is 16.5. The highest BCUT2D eigenvalue weighted by Crippen LogP contribution is 2.45. The van der Waals surface area contributed by atoms with Crippen molar-refractivity contribution in [1.82, 2.24) is 9.55 Å². The number of nitrogens with zero attached hydrogens (tertiary/aromatic N) is 2. The van der Waals surface area contributed by atoms with Crippen LogP contribution in [0.1, 0.15) is 41.3 Å². The zero-order chi connectivity index (χ0) is 20.5. The van der Waals surface area contributed by atoms with Gasteiger partial charge in [-0.3, -0.25) is 0 Å². The summed E-state index contributed by atoms with van der Waals surface area (Å²) in [5, 5.41) is 0. The summed E-state index contributed by atoms with van der Waals surface area (Å²) in [6, 6.07) is 27.4. The van der Waals surface area contributed by atoms with Crippen LogP contribution in [0.15, 0.2) is 78.9 Å². The maximum Gasteiger partial charge on any atom is 0.137 e. The number of aromatic nitrogens is 2. The second kappa shape index (κ2) is 7.83. The van der Waals surface area contributed by atoms with E-state index in [-0.39, 0.29) is 0 Å². The van der Waals surface area contributed by atoms with Gasteiger partial charge in [0.15, 0.2) is 0 Å². The van der Waals surface area contributed by atoms with E-state index in [0.717, 1.165) is 17.3 Å². The molecule has 30 heavy (non-hydrogen) atoms. The Morgan fingerprint density at radius 3 is 2.37 bits per heavy atom. The van der Waals surface area contributed by atoms with E-state index >= 15 is 0 Å². The summed E-state index contributed by atoms with van der Waals surface area (Å²) in [5.41, 5.74) is 7.17. The molecule has 0 bridgehead atoms. The van der Waals surface area contributed by atoms with E-state index in [2.05, 4.69) is 79.1 Å². The molecule has 0 spiro atoms. The van der Waals surface area contributed by atoms with Gasteiger partial charge < -0.3 is 9.30 Å². The number of aryl methyl sites for hydroxylation is 2. The first-order chi connectivity index (χ1) is 14.7. The number of hydrogen-bond donors (Lipinski definition) is 0. The molecule has 5 rings (SSSR count). The Bertz CT molecular complexity index is 1150. The van der Waals surface area contributed by atoms with Gasteiger partial charge in [0.1, 0.15) is 18.2 Å². The van der Waals surface area contributed by atoms with Crippen LogP contribution in [0.2, 0.25) is 0 Å². The van der Waals surface area contributed by atoms with Crippen LogP contribution in [-0.4, -0.2) is 9.55 Å². The van der Waals surface area contributed by atoms with Gasteiger partial charge in [-0.1, -0.05) is 36.4 Å². The summed E-state index contributed by atoms with van der Waals surface area (Å²) >= 11 is 0. The van der Waals surface area contributed by atoms with Crippen LogP contribution in [0.3, 0.4) is 0 Å². The lowest BCUT2D eigenvalue weighted by atomic mass is 9.99. The van der Waals surface area contributed by atoms with Gasteiger partial charge in [0.25, 0.3) is 0 Å². The van der Waals surface area contributed by atoms with E-state index in [1.807, 2.05) is 18.2 Å². The predicted molar refractivity (Wildman–Crippen MR) is 121 cm³/mol. The van der Waals surface area contributed by atoms with E-state index < -0.39 is 0 Å². The van der Waals surface area contributed by atoms with Crippen molar-refractivity contribution in [2.75, 3.05) is 0 Å². The van der Waals surface area contributed by atoms with Crippen LogP contribution in [0.4, 0.5) is 0 Å². The van der Waals surface area contributed by atoms with Gasteiger partial charge >= 0.3 is 0 Å². The molecule has 0 saturated heterocycles. The van der Waals surface area contributed by atoms with Crippen molar-refractivity contribution in [3.63, 3.8) is 0 Å². The molecule has 0 N–H and O–H groups in total. The van der Waals surface area contributed by atoms with Crippen LogP contribution in [-0.2, 0) is 6.61 Å². The summed E-state index contributed by atoms with van der Waals surface area (Å²) in [7, 11) is 0. The number of rotatable bonds is 6. The summed E-state index contributed by atoms with van der Waals surface area (Å²) in [6.45, 7) is 4.83. The molecule has 0 aliphatic heterocycles. The minimum atomic E-state index is 0.588. The summed E-state index contributed by atoms with van der Waals surface area (Å²) in [5.74, 6) is 2.51. The minimum absolute atomic E-state index is 0.588. The fourth-order valence-corrected chi connectivity index (χ4v) is 4.06. The predicted octanol–water partition coefficient (Wildman–Crippen LogP) is 6.61. The van der Waals surface area contributed by atoms with E-state index in [1.165, 1.54) is 40.9 Å². The lowest BCUT2D eigenvalue weighted by molar-refractivity contribution is 0.306. The smallest absolute Gasteiger partial charge is 0.137 e. The zero-order valence-electron chi connectivity index (χ0n) is 17.5. The van der Waals surface area contributed by atoms with Crippen molar-refractivity contribution in [3.8, 4) is 22.8 Å². The largest absolute Gasteiger partial charge is 0.489 e. The van der Waals surface area contributed by atoms with Crippen molar-refractivity contribution in [2.24, 2.45) is 0 Å². The van der Waals surface area contributed by atoms with Crippen LogP contribution < -0.4 is 4.74 Å². The highest BCUT2D eigenvalue weighted by molar-refractivity contribution is 5.67. The van der Waals surface area contributed by atoms with Gasteiger partial charge in [-0.25, -0.2) is 4.98 Å². The number of benzene rings is 2. The molecular formula is C27H26N2O. The fourth-order valence-electron chi connectivity index (χ4n) is 4.06. The molecule has 3 nitrogen and oxygen atoms in total. The second-order valence-electron chi connectivity index (χ2n) is 8.13. The third kappa shape index (κ3) is 3.76. The molecule has 0 radical (unpaired) electrons. The zero-order valence-corrected chi connectivity index (χ0v) is 17.5. The molecular weight excluding hydrogens is 368 g/mol. The van der Waals surface area contributed by atoms with Crippen LogP contribution in [0.25, 0.3) is 17.1 Å². The normalized spacial score (nSPS) is 13.4. The van der Waals surface area contributed by atoms with Gasteiger partial charge in [-0.15, -0.1) is 0 Å². The Morgan fingerprint density at radius 1 is 0.867 bits per heavy atom. The molecule has 1 saturated carbocycles. The van der Waals surface area contributed by atoms with Crippen molar-refractivity contribution in [2.45, 2.75) is 39.2 Å². The molecule has 1 aliphatic carbocycles. The van der Waals surface area contributed by atoms with Gasteiger partial charge in [-0.05, 0) is 86.2 Å². The van der Waals surface area contributed by atoms with Crippen molar-refractivity contribution < 1.29 is 4.74 Å². The standard InChI is InChI=1S/C27H26N2O/c1-19-11-12-20(2)29(19)27-10-6-9-26(28-27)24-16-15-23(17-25(24)22-13-14-22)30-18-21-7-4-3-5-8-21/h3-12,15-17,22H,13-14,18H2,1-2H3. The molecule has 0 unspecified atom stereocenters. The number of pyridine rings is 1. The highest BCUT2D eigenvalue weighted by Gasteiger charge is 2.27. The molecule has 2 aromatic carbocycles. The molecule has 4 aromatic rings. The average molecular weight is 395 g/mol. The first kappa shape index (κ1) is 18.7. The molecule has 2 heterocycles. The molecule has 0 amide bonds. The monoisotopic (exact) mass is 394 g/mol. The van der Waals surface area contributed by atoms with Crippen LogP contribution >= 0.6 is 0 Å². The maximum atomic E-state index is 6.09. The Kier molecular flexibility index (Phi) is 4.88. The molecule has 150 valence electrons. The summed E-state index contributed by atoms with van der Waals surface area (Å²) in [4.78, 5) is 5.02. The minimum Gasteiger partial charge on any atom is -0.489 e. The Hall–Kier alpha value is -3.33. The van der Waals surface area contributed by atoms with E-state index in [0.29, 0.717) is 12.5 Å². The topological polar surface area (TPSA) is 27.1 Å². The Balaban J connectivity index is 1.47. The molecule has 3 heteroatoms. The lowest BCUT2D eigenvalue weighted by Crippen LogP contribution is -2.03. The summed E-state index contributed by atoms with van der Waals surface area (Å²) < 4.78 is 8.30. The van der Waals surface area contributed by atoms with Crippen molar-refractivity contribution in [1.29, 1.82) is 0 Å². The quantitative estimate of drug-likeness (QED) is 0.368. The van der Waals surface area contributed by atoms with Crippen molar-refractivity contribution >= 4 is 0 Å². The second-order valence-corrected chi connectivity index (χ2v) is 8.13. The Morgan fingerprint density at radius 2 is 1.63 bits per heavy atom. The van der Waals surface area contributed by atoms with Crippen LogP contribution in [0, 0.1) is 13.8 Å². The molecule has 0 atom stereocenters. The fraction of sp³-hybridized carbons (Fsp3) is 0.222. The average Bonchev–Trinajstić information content (AvgIpc) is 3.57. The SMILES string of the molecule is Cc1ccc(C)n1-c1cccc(-c2ccc(OCc3ccccc3)cc2C2CC2)n1. The lowest BCUT2D eigenvalue weighted by Gasteiger charge is -2.14. The van der Waals surface area contributed by atoms with Gasteiger partial charge in [0.2, 0.25) is 0 Å². The first-order valence-electron chi connectivity index (χ1n) is 10.6. The van der Waals surface area contributed by atoms with Crippen molar-refractivity contribution in [3.05, 3.63) is 101 Å². The molecule has 1 aliphatic rings. The van der Waals surface area contributed by atoms with E-state index in [9.17, 15) is 0 Å². The molecule has 1 fully saturated rings. The number of hydrogen-bond acceptors (Lipinski definition) is 2. The van der Waals surface area contributed by atoms with Gasteiger partial charge in [-0.2, -0.15) is 0 Å². The summed E-state index contributed by atoms with van der Waals surface area (Å²) in [6.07, 6.45) is 2.48. The van der Waals surface area contributed by atoms with Gasteiger partial charge in [0, 0.05) is 17.0 Å². The third-order valence-corrected chi connectivity index (χ3v) is 5.80. The first-order valence-corrected chi connectivity index (χ1v) is 10.6. The third-order valence-electron chi connectivity index (χ3n) is 5.80. The molecule has 2 aromatic heterocycles. The van der Waals surface area contributed by atoms with Gasteiger partial charge in [0.05, 0.1) is 5.69 Å². The van der Waals surface area contributed by atoms with E-state index in [4.69, 9.17) is 9.72 Å². The van der Waals surface area contributed by atoms with Crippen LogP contribution in [0.5, 0.6) is 5.75 Å². The number of ether oxygens (including phenoxy) is 1. The maximum absolute atomic E-state index is 6.09. The van der Waals surface area contributed by atoms with E-state index in [1.54, 1.807) is 0 Å². The Labute approximate surface area is 178 Å².